The Bertz CT molecular complexity index is 861. The lowest BCUT2D eigenvalue weighted by Gasteiger charge is -2.17. The average Bonchev–Trinajstić information content (AvgIpc) is 3.38. The van der Waals surface area contributed by atoms with Crippen LogP contribution in [0.25, 0.3) is 0 Å². The number of carbonyl (C=O) groups is 2. The van der Waals surface area contributed by atoms with Crippen molar-refractivity contribution < 1.29 is 14.3 Å². The van der Waals surface area contributed by atoms with Gasteiger partial charge < -0.3 is 20.3 Å². The Morgan fingerprint density at radius 3 is 3.00 bits per heavy atom. The van der Waals surface area contributed by atoms with E-state index < -0.39 is 0 Å². The topological polar surface area (TPSA) is 83.6 Å². The van der Waals surface area contributed by atoms with Crippen LogP contribution in [0.15, 0.2) is 23.6 Å². The summed E-state index contributed by atoms with van der Waals surface area (Å²) < 4.78 is 5.59. The van der Waals surface area contributed by atoms with Crippen molar-refractivity contribution in [2.24, 2.45) is 0 Å². The number of nitrogens with one attached hydrogen (secondary N) is 2. The molecular formula is C20H24N4O3S. The minimum absolute atomic E-state index is 0.0265. The van der Waals surface area contributed by atoms with Crippen LogP contribution in [0.5, 0.6) is 5.75 Å². The van der Waals surface area contributed by atoms with Gasteiger partial charge in [-0.25, -0.2) is 4.98 Å². The molecule has 1 aromatic carbocycles. The van der Waals surface area contributed by atoms with Crippen molar-refractivity contribution in [1.29, 1.82) is 0 Å². The molecule has 7 nitrogen and oxygen atoms in total. The number of thiazole rings is 1. The lowest BCUT2D eigenvalue weighted by atomic mass is 10.0. The molecule has 2 aliphatic heterocycles. The molecule has 0 aliphatic carbocycles. The quantitative estimate of drug-likeness (QED) is 0.746. The second kappa shape index (κ2) is 8.60. The summed E-state index contributed by atoms with van der Waals surface area (Å²) in [7, 11) is 0. The van der Waals surface area contributed by atoms with Crippen LogP contribution in [0.3, 0.4) is 0 Å². The summed E-state index contributed by atoms with van der Waals surface area (Å²) in [6, 6.07) is 5.48. The Balaban J connectivity index is 1.19. The van der Waals surface area contributed by atoms with E-state index in [-0.39, 0.29) is 18.4 Å². The van der Waals surface area contributed by atoms with E-state index in [1.54, 1.807) is 17.4 Å². The van der Waals surface area contributed by atoms with Crippen molar-refractivity contribution in [1.82, 2.24) is 10.3 Å². The molecule has 4 rings (SSSR count). The smallest absolute Gasteiger partial charge is 0.257 e. The van der Waals surface area contributed by atoms with Crippen LogP contribution >= 0.6 is 11.3 Å². The van der Waals surface area contributed by atoms with E-state index in [2.05, 4.69) is 25.9 Å². The van der Waals surface area contributed by atoms with Gasteiger partial charge in [0.05, 0.1) is 5.69 Å². The van der Waals surface area contributed by atoms with Crippen molar-refractivity contribution in [2.75, 3.05) is 36.5 Å². The highest BCUT2D eigenvalue weighted by atomic mass is 32.1. The molecule has 148 valence electrons. The second-order valence-electron chi connectivity index (χ2n) is 7.07. The predicted octanol–water partition coefficient (Wildman–Crippen LogP) is 2.37. The summed E-state index contributed by atoms with van der Waals surface area (Å²) in [6.45, 7) is 2.70. The summed E-state index contributed by atoms with van der Waals surface area (Å²) in [4.78, 5) is 30.4. The van der Waals surface area contributed by atoms with Crippen molar-refractivity contribution in [3.63, 3.8) is 0 Å². The fourth-order valence-electron chi connectivity index (χ4n) is 3.44. The molecule has 0 unspecified atom stereocenters. The van der Waals surface area contributed by atoms with Crippen molar-refractivity contribution in [3.8, 4) is 5.75 Å². The van der Waals surface area contributed by atoms with Gasteiger partial charge in [-0.2, -0.15) is 0 Å². The minimum Gasteiger partial charge on any atom is -0.484 e. The molecule has 3 heterocycles. The van der Waals surface area contributed by atoms with Crippen molar-refractivity contribution >= 4 is 34.0 Å². The molecule has 0 spiro atoms. The zero-order valence-electron chi connectivity index (χ0n) is 15.7. The summed E-state index contributed by atoms with van der Waals surface area (Å²) in [5, 5.41) is 8.87. The van der Waals surface area contributed by atoms with Crippen LogP contribution in [0.1, 0.15) is 30.5 Å². The molecule has 1 fully saturated rings. The maximum absolute atomic E-state index is 12.0. The number of ether oxygens (including phenoxy) is 1. The third kappa shape index (κ3) is 4.62. The summed E-state index contributed by atoms with van der Waals surface area (Å²) >= 11 is 1.68. The molecule has 0 radical (unpaired) electrons. The van der Waals surface area contributed by atoms with E-state index >= 15 is 0 Å². The molecule has 2 N–H and O–H groups in total. The van der Waals surface area contributed by atoms with E-state index in [1.807, 2.05) is 12.1 Å². The number of amides is 2. The summed E-state index contributed by atoms with van der Waals surface area (Å²) in [6.07, 6.45) is 4.37. The lowest BCUT2D eigenvalue weighted by molar-refractivity contribution is -0.123. The Morgan fingerprint density at radius 1 is 1.29 bits per heavy atom. The molecule has 1 aromatic heterocycles. The number of fused-ring (bicyclic) bond motifs is 1. The Hall–Kier alpha value is -2.61. The molecule has 1 saturated heterocycles. The average molecular weight is 401 g/mol. The van der Waals surface area contributed by atoms with Crippen LogP contribution < -0.4 is 20.3 Å². The van der Waals surface area contributed by atoms with Gasteiger partial charge in [0.15, 0.2) is 11.7 Å². The zero-order chi connectivity index (χ0) is 19.3. The zero-order valence-corrected chi connectivity index (χ0v) is 16.5. The van der Waals surface area contributed by atoms with Gasteiger partial charge in [-0.15, -0.1) is 11.3 Å². The first-order valence-corrected chi connectivity index (χ1v) is 10.6. The van der Waals surface area contributed by atoms with Crippen LogP contribution in [0.4, 0.5) is 10.8 Å². The van der Waals surface area contributed by atoms with Gasteiger partial charge in [-0.05, 0) is 43.0 Å². The summed E-state index contributed by atoms with van der Waals surface area (Å²) in [5.74, 6) is 0.522. The van der Waals surface area contributed by atoms with Gasteiger partial charge in [0.25, 0.3) is 5.91 Å². The number of anilines is 2. The van der Waals surface area contributed by atoms with Crippen LogP contribution in [-0.4, -0.2) is 43.0 Å². The van der Waals surface area contributed by atoms with Gasteiger partial charge in [-0.1, -0.05) is 0 Å². The lowest BCUT2D eigenvalue weighted by Crippen LogP contribution is -2.30. The minimum atomic E-state index is -0.152. The standard InChI is InChI=1S/C20H24N4O3S/c25-18-6-3-14-11-16(4-5-17(14)23-18)27-12-19(26)21-8-7-15-13-28-20(22-15)24-9-1-2-10-24/h4-5,11,13H,1-3,6-10,12H2,(H,21,26)(H,23,25). The first-order valence-electron chi connectivity index (χ1n) is 9.69. The molecule has 2 aliphatic rings. The van der Waals surface area contributed by atoms with E-state index in [1.165, 1.54) is 12.8 Å². The van der Waals surface area contributed by atoms with E-state index in [0.717, 1.165) is 35.2 Å². The predicted molar refractivity (Wildman–Crippen MR) is 109 cm³/mol. The van der Waals surface area contributed by atoms with Crippen molar-refractivity contribution in [3.05, 3.63) is 34.8 Å². The molecule has 28 heavy (non-hydrogen) atoms. The van der Waals surface area contributed by atoms with Gasteiger partial charge in [0.1, 0.15) is 5.75 Å². The van der Waals surface area contributed by atoms with E-state index in [4.69, 9.17) is 4.74 Å². The highest BCUT2D eigenvalue weighted by molar-refractivity contribution is 7.13. The molecule has 0 bridgehead atoms. The number of carbonyl (C=O) groups excluding carboxylic acids is 2. The van der Waals surface area contributed by atoms with Gasteiger partial charge in [0.2, 0.25) is 5.91 Å². The van der Waals surface area contributed by atoms with E-state index in [9.17, 15) is 9.59 Å². The van der Waals surface area contributed by atoms with Gasteiger partial charge >= 0.3 is 0 Å². The number of benzene rings is 1. The van der Waals surface area contributed by atoms with Gasteiger partial charge in [-0.3, -0.25) is 9.59 Å². The first kappa shape index (κ1) is 18.7. The third-order valence-electron chi connectivity index (χ3n) is 4.96. The SMILES string of the molecule is O=C(COc1ccc2c(c1)CCC(=O)N2)NCCc1csc(N2CCCC2)n1. The van der Waals surface area contributed by atoms with Crippen molar-refractivity contribution in [2.45, 2.75) is 32.1 Å². The molecular weight excluding hydrogens is 376 g/mol. The number of aromatic nitrogens is 1. The highest BCUT2D eigenvalue weighted by Crippen LogP contribution is 2.27. The number of rotatable bonds is 7. The van der Waals surface area contributed by atoms with Crippen LogP contribution in [-0.2, 0) is 22.4 Å². The van der Waals surface area contributed by atoms with Gasteiger partial charge in [0, 0.05) is 43.5 Å². The Labute approximate surface area is 168 Å². The number of aryl methyl sites for hydroxylation is 1. The highest BCUT2D eigenvalue weighted by Gasteiger charge is 2.16. The fraction of sp³-hybridized carbons (Fsp3) is 0.450. The van der Waals surface area contributed by atoms with Crippen LogP contribution in [0.2, 0.25) is 0 Å². The Morgan fingerprint density at radius 2 is 2.14 bits per heavy atom. The molecule has 2 amide bonds. The number of nitrogens with zero attached hydrogens (tertiary/aromatic N) is 2. The maximum Gasteiger partial charge on any atom is 0.257 e. The van der Waals surface area contributed by atoms with Crippen LogP contribution in [0, 0.1) is 0 Å². The second-order valence-corrected chi connectivity index (χ2v) is 7.91. The number of hydrogen-bond acceptors (Lipinski definition) is 6. The third-order valence-corrected chi connectivity index (χ3v) is 5.91. The molecule has 0 saturated carbocycles. The first-order chi connectivity index (χ1) is 13.7. The summed E-state index contributed by atoms with van der Waals surface area (Å²) in [5.41, 5.74) is 2.88. The monoisotopic (exact) mass is 400 g/mol. The molecule has 0 atom stereocenters. The Kier molecular flexibility index (Phi) is 5.76. The molecule has 8 heteroatoms. The van der Waals surface area contributed by atoms with E-state index in [0.29, 0.717) is 31.6 Å². The largest absolute Gasteiger partial charge is 0.484 e. The molecule has 2 aromatic rings. The number of hydrogen-bond donors (Lipinski definition) is 2. The maximum atomic E-state index is 12.0. The normalized spacial score (nSPS) is 15.9. The fourth-order valence-corrected chi connectivity index (χ4v) is 4.36.